The van der Waals surface area contributed by atoms with Crippen molar-refractivity contribution in [2.75, 3.05) is 0 Å². The van der Waals surface area contributed by atoms with Crippen molar-refractivity contribution in [1.29, 1.82) is 10.5 Å². The molecule has 4 nitrogen and oxygen atoms in total. The Hall–Kier alpha value is -6.88. The van der Waals surface area contributed by atoms with E-state index in [1.165, 1.54) is 10.8 Å². The van der Waals surface area contributed by atoms with E-state index in [9.17, 15) is 10.5 Å². The Morgan fingerprint density at radius 3 is 1.42 bits per heavy atom. The third kappa shape index (κ3) is 4.07. The first-order valence-electron chi connectivity index (χ1n) is 15.9. The van der Waals surface area contributed by atoms with Crippen LogP contribution in [0.25, 0.3) is 77.2 Å². The van der Waals surface area contributed by atoms with Crippen LogP contribution in [0.4, 0.5) is 0 Å². The van der Waals surface area contributed by atoms with Gasteiger partial charge in [-0.1, -0.05) is 109 Å². The molecule has 9 aromatic rings. The maximum absolute atomic E-state index is 10.5. The van der Waals surface area contributed by atoms with Gasteiger partial charge >= 0.3 is 0 Å². The summed E-state index contributed by atoms with van der Waals surface area (Å²) in [6.45, 7) is 0. The van der Waals surface area contributed by atoms with Crippen molar-refractivity contribution in [3.05, 3.63) is 169 Å². The van der Waals surface area contributed by atoms with Crippen LogP contribution in [-0.2, 0) is 0 Å². The van der Waals surface area contributed by atoms with Crippen molar-refractivity contribution < 1.29 is 0 Å². The molecule has 9 rings (SSSR count). The van der Waals surface area contributed by atoms with Gasteiger partial charge in [-0.25, -0.2) is 0 Å². The Bertz CT molecular complexity index is 2710. The van der Waals surface area contributed by atoms with Gasteiger partial charge < -0.3 is 9.13 Å². The lowest BCUT2D eigenvalue weighted by Crippen LogP contribution is -2.02. The fourth-order valence-corrected chi connectivity index (χ4v) is 7.39. The van der Waals surface area contributed by atoms with E-state index in [0.29, 0.717) is 11.1 Å². The summed E-state index contributed by atoms with van der Waals surface area (Å²) in [5, 5.41) is 25.4. The highest BCUT2D eigenvalue weighted by Crippen LogP contribution is 2.42. The van der Waals surface area contributed by atoms with Gasteiger partial charge in [-0.15, -0.1) is 0 Å². The number of nitriles is 2. The maximum Gasteiger partial charge on any atom is 0.101 e. The Kier molecular flexibility index (Phi) is 6.22. The van der Waals surface area contributed by atoms with Crippen molar-refractivity contribution in [2.45, 2.75) is 0 Å². The highest BCUT2D eigenvalue weighted by Gasteiger charge is 2.21. The molecular formula is C44H26N4. The minimum atomic E-state index is 0.576. The second-order valence-corrected chi connectivity index (χ2v) is 12.0. The quantitative estimate of drug-likeness (QED) is 0.199. The summed E-state index contributed by atoms with van der Waals surface area (Å²) in [4.78, 5) is 0. The smallest absolute Gasteiger partial charge is 0.101 e. The molecule has 0 aliphatic rings. The van der Waals surface area contributed by atoms with Crippen LogP contribution < -0.4 is 0 Å². The third-order valence-corrected chi connectivity index (χ3v) is 9.37. The van der Waals surface area contributed by atoms with Gasteiger partial charge in [0, 0.05) is 32.8 Å². The van der Waals surface area contributed by atoms with E-state index < -0.39 is 0 Å². The largest absolute Gasteiger partial charge is 0.309 e. The molecule has 0 aliphatic heterocycles. The zero-order valence-corrected chi connectivity index (χ0v) is 25.8. The summed E-state index contributed by atoms with van der Waals surface area (Å²) in [6.07, 6.45) is 0. The van der Waals surface area contributed by atoms with Crippen LogP contribution in [0, 0.1) is 22.7 Å². The highest BCUT2D eigenvalue weighted by molar-refractivity contribution is 6.11. The van der Waals surface area contributed by atoms with Gasteiger partial charge in [0.1, 0.15) is 6.07 Å². The Labute approximate surface area is 277 Å². The fraction of sp³-hybridized carbons (Fsp3) is 0. The molecule has 4 heteroatoms. The summed E-state index contributed by atoms with van der Waals surface area (Å²) in [5.74, 6) is 0. The monoisotopic (exact) mass is 610 g/mol. The lowest BCUT2D eigenvalue weighted by atomic mass is 9.91. The zero-order chi connectivity index (χ0) is 32.2. The number of aromatic nitrogens is 2. The van der Waals surface area contributed by atoms with Gasteiger partial charge in [0.15, 0.2) is 0 Å². The first-order chi connectivity index (χ1) is 23.7. The number of fused-ring (bicyclic) bond motifs is 6. The van der Waals surface area contributed by atoms with Gasteiger partial charge in [0.25, 0.3) is 0 Å². The van der Waals surface area contributed by atoms with Crippen LogP contribution in [0.1, 0.15) is 11.1 Å². The molecule has 0 N–H and O–H groups in total. The molecule has 0 saturated heterocycles. The highest BCUT2D eigenvalue weighted by atomic mass is 15.0. The molecule has 0 saturated carbocycles. The molecule has 0 fully saturated rings. The van der Waals surface area contributed by atoms with Crippen molar-refractivity contribution in [3.63, 3.8) is 0 Å². The van der Waals surface area contributed by atoms with Crippen molar-refractivity contribution in [1.82, 2.24) is 9.13 Å². The molecule has 2 heterocycles. The first kappa shape index (κ1) is 27.4. The molecule has 0 radical (unpaired) electrons. The number of para-hydroxylation sites is 5. The van der Waals surface area contributed by atoms with Crippen LogP contribution in [-0.4, -0.2) is 9.13 Å². The molecule has 0 bridgehead atoms. The molecule has 0 atom stereocenters. The molecule has 48 heavy (non-hydrogen) atoms. The van der Waals surface area contributed by atoms with Crippen LogP contribution in [0.3, 0.4) is 0 Å². The summed E-state index contributed by atoms with van der Waals surface area (Å²) < 4.78 is 4.47. The Balaban J connectivity index is 1.33. The van der Waals surface area contributed by atoms with Crippen LogP contribution in [0.5, 0.6) is 0 Å². The third-order valence-electron chi connectivity index (χ3n) is 9.37. The van der Waals surface area contributed by atoms with Crippen LogP contribution in [0.15, 0.2) is 158 Å². The second-order valence-electron chi connectivity index (χ2n) is 12.0. The normalized spacial score (nSPS) is 11.3. The van der Waals surface area contributed by atoms with Crippen molar-refractivity contribution in [2.24, 2.45) is 0 Å². The standard InChI is InChI=1S/C44H26N4/c45-27-29-24-31(26-32(25-29)47-40-20-7-3-15-35(40)36-16-4-8-21-41(36)47)33-13-1-2-14-34(33)39-19-11-12-30(28-46)44(39)48-42-22-9-5-17-37(42)38-18-6-10-23-43(38)48/h1-26H. The van der Waals surface area contributed by atoms with Crippen molar-refractivity contribution in [3.8, 4) is 45.8 Å². The summed E-state index contributed by atoms with van der Waals surface area (Å²) in [7, 11) is 0. The Morgan fingerprint density at radius 1 is 0.396 bits per heavy atom. The van der Waals surface area contributed by atoms with E-state index >= 15 is 0 Å². The average Bonchev–Trinajstić information content (AvgIpc) is 3.67. The van der Waals surface area contributed by atoms with Crippen LogP contribution >= 0.6 is 0 Å². The molecule has 0 aliphatic carbocycles. The summed E-state index contributed by atoms with van der Waals surface area (Å²) in [5.41, 5.74) is 11.0. The zero-order valence-electron chi connectivity index (χ0n) is 25.8. The first-order valence-corrected chi connectivity index (χ1v) is 15.9. The van der Waals surface area contributed by atoms with Gasteiger partial charge in [-0.2, -0.15) is 10.5 Å². The van der Waals surface area contributed by atoms with Gasteiger partial charge in [0.05, 0.1) is 45.0 Å². The fourth-order valence-electron chi connectivity index (χ4n) is 7.39. The summed E-state index contributed by atoms with van der Waals surface area (Å²) in [6, 6.07) is 58.8. The predicted octanol–water partition coefficient (Wildman–Crippen LogP) is 11.0. The van der Waals surface area contributed by atoms with Crippen molar-refractivity contribution >= 4 is 43.6 Å². The molecular weight excluding hydrogens is 585 g/mol. The van der Waals surface area contributed by atoms with Crippen LogP contribution in [0.2, 0.25) is 0 Å². The minimum absolute atomic E-state index is 0.576. The van der Waals surface area contributed by atoms with E-state index in [4.69, 9.17) is 0 Å². The van der Waals surface area contributed by atoms with E-state index in [1.807, 2.05) is 48.5 Å². The molecule has 0 amide bonds. The van der Waals surface area contributed by atoms with E-state index in [0.717, 1.165) is 66.5 Å². The number of rotatable bonds is 4. The van der Waals surface area contributed by atoms with E-state index in [2.05, 4.69) is 130 Å². The summed E-state index contributed by atoms with van der Waals surface area (Å²) >= 11 is 0. The number of nitrogens with zero attached hydrogens (tertiary/aromatic N) is 4. The molecule has 0 spiro atoms. The lowest BCUT2D eigenvalue weighted by Gasteiger charge is -2.19. The van der Waals surface area contributed by atoms with E-state index in [-0.39, 0.29) is 0 Å². The number of hydrogen-bond donors (Lipinski definition) is 0. The number of hydrogen-bond acceptors (Lipinski definition) is 2. The lowest BCUT2D eigenvalue weighted by molar-refractivity contribution is 1.17. The Morgan fingerprint density at radius 2 is 0.875 bits per heavy atom. The number of benzene rings is 7. The molecule has 222 valence electrons. The predicted molar refractivity (Wildman–Crippen MR) is 195 cm³/mol. The van der Waals surface area contributed by atoms with E-state index in [1.54, 1.807) is 0 Å². The molecule has 0 unspecified atom stereocenters. The maximum atomic E-state index is 10.5. The van der Waals surface area contributed by atoms with Gasteiger partial charge in [0.2, 0.25) is 0 Å². The molecule has 2 aromatic heterocycles. The minimum Gasteiger partial charge on any atom is -0.309 e. The average molecular weight is 611 g/mol. The van der Waals surface area contributed by atoms with Gasteiger partial charge in [-0.05, 0) is 65.2 Å². The second kappa shape index (κ2) is 10.9. The SMILES string of the molecule is N#Cc1cc(-c2ccccc2-c2cccc(C#N)c2-n2c3ccccc3c3ccccc32)cc(-n2c3ccccc3c3ccccc32)c1. The molecule has 7 aromatic carbocycles. The topological polar surface area (TPSA) is 57.4 Å². The van der Waals surface area contributed by atoms with Gasteiger partial charge in [-0.3, -0.25) is 0 Å².